The van der Waals surface area contributed by atoms with Crippen LogP contribution < -0.4 is 0 Å². The second kappa shape index (κ2) is 9.35. The van der Waals surface area contributed by atoms with Gasteiger partial charge in [-0.15, -0.1) is 21.5 Å². The molecule has 8 heteroatoms. The Morgan fingerprint density at radius 3 is 3.16 bits per heavy atom. The second-order valence-corrected chi connectivity index (χ2v) is 7.80. The number of hydrogen-bond acceptors (Lipinski definition) is 7. The first-order chi connectivity index (χ1) is 12.3. The predicted molar refractivity (Wildman–Crippen MR) is 98.9 cm³/mol. The molecule has 0 saturated carbocycles. The van der Waals surface area contributed by atoms with Crippen molar-refractivity contribution in [2.75, 3.05) is 19.0 Å². The van der Waals surface area contributed by atoms with Crippen molar-refractivity contribution in [1.82, 2.24) is 14.8 Å². The number of ether oxygens (including phenoxy) is 2. The number of carbonyl (C=O) groups excluding carboxylic acids is 1. The van der Waals surface area contributed by atoms with Crippen LogP contribution in [0, 0.1) is 0 Å². The fraction of sp³-hybridized carbons (Fsp3) is 0.588. The van der Waals surface area contributed by atoms with E-state index in [0.29, 0.717) is 13.0 Å². The first kappa shape index (κ1) is 18.4. The summed E-state index contributed by atoms with van der Waals surface area (Å²) in [5.41, 5.74) is 0. The molecule has 2 aromatic rings. The smallest absolute Gasteiger partial charge is 0.305 e. The molecule has 1 unspecified atom stereocenters. The predicted octanol–water partition coefficient (Wildman–Crippen LogP) is 3.62. The molecule has 1 fully saturated rings. The van der Waals surface area contributed by atoms with Crippen LogP contribution in [-0.2, 0) is 20.8 Å². The Morgan fingerprint density at radius 2 is 2.44 bits per heavy atom. The molecular formula is C17H23N3O3S2. The lowest BCUT2D eigenvalue weighted by atomic mass is 10.2. The van der Waals surface area contributed by atoms with Gasteiger partial charge >= 0.3 is 5.97 Å². The Kier molecular flexibility index (Phi) is 6.89. The van der Waals surface area contributed by atoms with Gasteiger partial charge in [-0.25, -0.2) is 0 Å². The van der Waals surface area contributed by atoms with Crippen LogP contribution in [0.25, 0.3) is 10.7 Å². The van der Waals surface area contributed by atoms with Crippen molar-refractivity contribution in [1.29, 1.82) is 0 Å². The molecule has 1 aliphatic rings. The highest BCUT2D eigenvalue weighted by Gasteiger charge is 2.22. The summed E-state index contributed by atoms with van der Waals surface area (Å²) in [7, 11) is 0. The number of aromatic nitrogens is 3. The summed E-state index contributed by atoms with van der Waals surface area (Å²) in [5.74, 6) is 1.58. The van der Waals surface area contributed by atoms with Gasteiger partial charge in [0.1, 0.15) is 0 Å². The zero-order valence-electron chi connectivity index (χ0n) is 14.3. The van der Waals surface area contributed by atoms with Gasteiger partial charge in [0.2, 0.25) is 0 Å². The number of carbonyl (C=O) groups is 1. The average Bonchev–Trinajstić information content (AvgIpc) is 3.35. The van der Waals surface area contributed by atoms with E-state index in [4.69, 9.17) is 9.47 Å². The summed E-state index contributed by atoms with van der Waals surface area (Å²) < 4.78 is 12.9. The first-order valence-corrected chi connectivity index (χ1v) is 10.5. The normalized spacial score (nSPS) is 17.1. The molecule has 136 valence electrons. The largest absolute Gasteiger partial charge is 0.466 e. The minimum absolute atomic E-state index is 0.136. The Labute approximate surface area is 155 Å². The van der Waals surface area contributed by atoms with E-state index in [1.807, 2.05) is 18.4 Å². The molecule has 0 aliphatic carbocycles. The molecule has 0 spiro atoms. The number of hydrogen-bond donors (Lipinski definition) is 0. The first-order valence-electron chi connectivity index (χ1n) is 8.65. The molecule has 0 radical (unpaired) electrons. The number of thioether (sulfide) groups is 1. The summed E-state index contributed by atoms with van der Waals surface area (Å²) in [4.78, 5) is 12.5. The molecule has 2 aromatic heterocycles. The maximum absolute atomic E-state index is 11.4. The lowest BCUT2D eigenvalue weighted by Gasteiger charge is -2.14. The SMILES string of the molecule is CCOC(=O)CCCSc1nnc(-c2cccs2)n1CC1CCCO1. The molecule has 0 N–H and O–H groups in total. The van der Waals surface area contributed by atoms with Crippen molar-refractivity contribution in [2.24, 2.45) is 0 Å². The number of esters is 1. The second-order valence-electron chi connectivity index (χ2n) is 5.79. The van der Waals surface area contributed by atoms with Gasteiger partial charge in [0, 0.05) is 18.8 Å². The van der Waals surface area contributed by atoms with Crippen LogP contribution in [0.5, 0.6) is 0 Å². The van der Waals surface area contributed by atoms with E-state index in [9.17, 15) is 4.79 Å². The van der Waals surface area contributed by atoms with Crippen LogP contribution in [0.15, 0.2) is 22.7 Å². The standard InChI is InChI=1S/C17H23N3O3S2/c1-2-22-15(21)8-5-11-25-17-19-18-16(14-7-4-10-24-14)20(17)12-13-6-3-9-23-13/h4,7,10,13H,2-3,5-6,8-9,11-12H2,1H3. The molecule has 0 amide bonds. The quantitative estimate of drug-likeness (QED) is 0.375. The lowest BCUT2D eigenvalue weighted by Crippen LogP contribution is -2.16. The molecule has 6 nitrogen and oxygen atoms in total. The highest BCUT2D eigenvalue weighted by molar-refractivity contribution is 7.99. The fourth-order valence-corrected chi connectivity index (χ4v) is 4.36. The minimum atomic E-state index is -0.136. The summed E-state index contributed by atoms with van der Waals surface area (Å²) in [5, 5.41) is 11.7. The van der Waals surface area contributed by atoms with Crippen LogP contribution in [0.3, 0.4) is 0 Å². The van der Waals surface area contributed by atoms with Gasteiger partial charge in [-0.1, -0.05) is 17.8 Å². The maximum atomic E-state index is 11.4. The van der Waals surface area contributed by atoms with Gasteiger partial charge in [0.25, 0.3) is 0 Å². The van der Waals surface area contributed by atoms with Crippen LogP contribution in [0.2, 0.25) is 0 Å². The zero-order valence-corrected chi connectivity index (χ0v) is 16.0. The summed E-state index contributed by atoms with van der Waals surface area (Å²) in [6.07, 6.45) is 3.63. The van der Waals surface area contributed by atoms with E-state index in [1.54, 1.807) is 23.1 Å². The molecule has 0 bridgehead atoms. The van der Waals surface area contributed by atoms with Crippen molar-refractivity contribution in [3.8, 4) is 10.7 Å². The monoisotopic (exact) mass is 381 g/mol. The minimum Gasteiger partial charge on any atom is -0.466 e. The van der Waals surface area contributed by atoms with Crippen molar-refractivity contribution in [2.45, 2.75) is 50.4 Å². The van der Waals surface area contributed by atoms with E-state index < -0.39 is 0 Å². The van der Waals surface area contributed by atoms with Gasteiger partial charge in [0.05, 0.1) is 24.1 Å². The summed E-state index contributed by atoms with van der Waals surface area (Å²) in [6, 6.07) is 4.09. The van der Waals surface area contributed by atoms with Gasteiger partial charge in [-0.05, 0) is 37.6 Å². The molecule has 0 aromatic carbocycles. The molecule has 25 heavy (non-hydrogen) atoms. The third-order valence-electron chi connectivity index (χ3n) is 3.93. The third kappa shape index (κ3) is 5.05. The number of nitrogens with zero attached hydrogens (tertiary/aromatic N) is 3. The third-order valence-corrected chi connectivity index (χ3v) is 5.85. The van der Waals surface area contributed by atoms with E-state index >= 15 is 0 Å². The summed E-state index contributed by atoms with van der Waals surface area (Å²) in [6.45, 7) is 3.88. The van der Waals surface area contributed by atoms with Crippen LogP contribution in [0.4, 0.5) is 0 Å². The maximum Gasteiger partial charge on any atom is 0.305 e. The number of thiophene rings is 1. The Bertz CT molecular complexity index is 667. The number of rotatable bonds is 9. The lowest BCUT2D eigenvalue weighted by molar-refractivity contribution is -0.143. The van der Waals surface area contributed by atoms with E-state index in [2.05, 4.69) is 20.8 Å². The Hall–Kier alpha value is -1.38. The topological polar surface area (TPSA) is 66.2 Å². The van der Waals surface area contributed by atoms with Crippen molar-refractivity contribution >= 4 is 29.1 Å². The van der Waals surface area contributed by atoms with Crippen LogP contribution >= 0.6 is 23.1 Å². The Morgan fingerprint density at radius 1 is 1.52 bits per heavy atom. The molecular weight excluding hydrogens is 358 g/mol. The Balaban J connectivity index is 1.64. The van der Waals surface area contributed by atoms with E-state index in [-0.39, 0.29) is 12.1 Å². The van der Waals surface area contributed by atoms with Gasteiger partial charge in [-0.2, -0.15) is 0 Å². The van der Waals surface area contributed by atoms with Gasteiger partial charge in [-0.3, -0.25) is 9.36 Å². The average molecular weight is 382 g/mol. The van der Waals surface area contributed by atoms with Gasteiger partial charge in [0.15, 0.2) is 11.0 Å². The van der Waals surface area contributed by atoms with Crippen LogP contribution in [-0.4, -0.2) is 45.8 Å². The van der Waals surface area contributed by atoms with E-state index in [1.165, 1.54) is 0 Å². The van der Waals surface area contributed by atoms with Crippen molar-refractivity contribution in [3.05, 3.63) is 17.5 Å². The molecule has 1 saturated heterocycles. The highest BCUT2D eigenvalue weighted by atomic mass is 32.2. The molecule has 1 atom stereocenters. The van der Waals surface area contributed by atoms with Crippen LogP contribution in [0.1, 0.15) is 32.6 Å². The summed E-state index contributed by atoms with van der Waals surface area (Å²) >= 11 is 3.30. The highest BCUT2D eigenvalue weighted by Crippen LogP contribution is 2.29. The fourth-order valence-electron chi connectivity index (χ4n) is 2.75. The molecule has 1 aliphatic heterocycles. The van der Waals surface area contributed by atoms with Gasteiger partial charge < -0.3 is 9.47 Å². The zero-order chi connectivity index (χ0) is 17.5. The molecule has 3 rings (SSSR count). The van der Waals surface area contributed by atoms with Crippen molar-refractivity contribution < 1.29 is 14.3 Å². The van der Waals surface area contributed by atoms with Crippen molar-refractivity contribution in [3.63, 3.8) is 0 Å². The molecule has 3 heterocycles. The van der Waals surface area contributed by atoms with E-state index in [0.717, 1.165) is 54.0 Å².